The van der Waals surface area contributed by atoms with Crippen molar-refractivity contribution in [2.45, 2.75) is 26.7 Å². The Labute approximate surface area is 140 Å². The second kappa shape index (κ2) is 6.71. The SMILES string of the molecule is Cc1ccc(CCC(=O)Nc2ccc3oc(=O)ccc3c2)c(C)c1. The Morgan fingerprint density at radius 1 is 1.04 bits per heavy atom. The van der Waals surface area contributed by atoms with Crippen molar-refractivity contribution >= 4 is 22.6 Å². The van der Waals surface area contributed by atoms with E-state index in [0.29, 0.717) is 24.1 Å². The molecule has 24 heavy (non-hydrogen) atoms. The summed E-state index contributed by atoms with van der Waals surface area (Å²) in [7, 11) is 0. The number of fused-ring (bicyclic) bond motifs is 1. The summed E-state index contributed by atoms with van der Waals surface area (Å²) in [6.45, 7) is 4.13. The third-order valence-electron chi connectivity index (χ3n) is 4.02. The molecule has 0 aliphatic heterocycles. The molecular formula is C20H19NO3. The number of hydrogen-bond donors (Lipinski definition) is 1. The Hall–Kier alpha value is -2.88. The zero-order valence-corrected chi connectivity index (χ0v) is 13.8. The van der Waals surface area contributed by atoms with Gasteiger partial charge in [0.05, 0.1) is 0 Å². The summed E-state index contributed by atoms with van der Waals surface area (Å²) in [4.78, 5) is 23.3. The van der Waals surface area contributed by atoms with Gasteiger partial charge in [-0.15, -0.1) is 0 Å². The van der Waals surface area contributed by atoms with Crippen molar-refractivity contribution in [1.29, 1.82) is 0 Å². The summed E-state index contributed by atoms with van der Waals surface area (Å²) in [6, 6.07) is 14.6. The first-order chi connectivity index (χ1) is 11.5. The number of amides is 1. The van der Waals surface area contributed by atoms with E-state index in [2.05, 4.69) is 37.4 Å². The molecular weight excluding hydrogens is 302 g/mol. The molecule has 1 heterocycles. The lowest BCUT2D eigenvalue weighted by Crippen LogP contribution is -2.12. The first kappa shape index (κ1) is 16.0. The lowest BCUT2D eigenvalue weighted by Gasteiger charge is -2.08. The van der Waals surface area contributed by atoms with Gasteiger partial charge in [-0.25, -0.2) is 4.79 Å². The zero-order valence-electron chi connectivity index (χ0n) is 13.8. The lowest BCUT2D eigenvalue weighted by atomic mass is 10.0. The fourth-order valence-corrected chi connectivity index (χ4v) is 2.75. The maximum Gasteiger partial charge on any atom is 0.336 e. The van der Waals surface area contributed by atoms with Crippen molar-refractivity contribution in [2.24, 2.45) is 0 Å². The summed E-state index contributed by atoms with van der Waals surface area (Å²) < 4.78 is 5.08. The molecule has 0 saturated heterocycles. The Kier molecular flexibility index (Phi) is 4.47. The van der Waals surface area contributed by atoms with E-state index >= 15 is 0 Å². The maximum absolute atomic E-state index is 12.2. The zero-order chi connectivity index (χ0) is 17.1. The van der Waals surface area contributed by atoms with Crippen LogP contribution in [0.1, 0.15) is 23.1 Å². The Morgan fingerprint density at radius 3 is 2.67 bits per heavy atom. The Morgan fingerprint density at radius 2 is 1.88 bits per heavy atom. The molecule has 4 nitrogen and oxygen atoms in total. The molecule has 4 heteroatoms. The van der Waals surface area contributed by atoms with Gasteiger partial charge in [-0.1, -0.05) is 23.8 Å². The van der Waals surface area contributed by atoms with Crippen LogP contribution in [0.15, 0.2) is 57.7 Å². The van der Waals surface area contributed by atoms with Gasteiger partial charge in [-0.05, 0) is 55.7 Å². The van der Waals surface area contributed by atoms with E-state index in [1.807, 2.05) is 0 Å². The van der Waals surface area contributed by atoms with Crippen molar-refractivity contribution < 1.29 is 9.21 Å². The largest absolute Gasteiger partial charge is 0.423 e. The molecule has 0 bridgehead atoms. The first-order valence-electron chi connectivity index (χ1n) is 7.91. The second-order valence-electron chi connectivity index (χ2n) is 5.99. The molecule has 1 amide bonds. The minimum Gasteiger partial charge on any atom is -0.423 e. The molecule has 1 aromatic heterocycles. The van der Waals surface area contributed by atoms with Gasteiger partial charge in [0.1, 0.15) is 5.58 Å². The number of anilines is 1. The minimum atomic E-state index is -0.382. The van der Waals surface area contributed by atoms with E-state index in [0.717, 1.165) is 5.39 Å². The van der Waals surface area contributed by atoms with Gasteiger partial charge >= 0.3 is 5.63 Å². The van der Waals surface area contributed by atoms with Crippen LogP contribution in [0.3, 0.4) is 0 Å². The predicted octanol–water partition coefficient (Wildman–Crippen LogP) is 3.98. The fraction of sp³-hybridized carbons (Fsp3) is 0.200. The van der Waals surface area contributed by atoms with Crippen molar-refractivity contribution in [1.82, 2.24) is 0 Å². The molecule has 0 spiro atoms. The number of benzene rings is 2. The van der Waals surface area contributed by atoms with Crippen LogP contribution in [0, 0.1) is 13.8 Å². The summed E-state index contributed by atoms with van der Waals surface area (Å²) in [5, 5.41) is 3.67. The molecule has 1 N–H and O–H groups in total. The van der Waals surface area contributed by atoms with Gasteiger partial charge in [0, 0.05) is 23.6 Å². The van der Waals surface area contributed by atoms with Crippen LogP contribution in [0.5, 0.6) is 0 Å². The molecule has 2 aromatic carbocycles. The predicted molar refractivity (Wildman–Crippen MR) is 95.4 cm³/mol. The molecule has 0 atom stereocenters. The first-order valence-corrected chi connectivity index (χ1v) is 7.91. The van der Waals surface area contributed by atoms with Crippen LogP contribution in [0.2, 0.25) is 0 Å². The van der Waals surface area contributed by atoms with Gasteiger partial charge in [-0.3, -0.25) is 4.79 Å². The van der Waals surface area contributed by atoms with Gasteiger partial charge in [0.15, 0.2) is 0 Å². The van der Waals surface area contributed by atoms with Crippen molar-refractivity contribution in [2.75, 3.05) is 5.32 Å². The molecule has 0 saturated carbocycles. The van der Waals surface area contributed by atoms with Gasteiger partial charge in [-0.2, -0.15) is 0 Å². The number of carbonyl (C=O) groups is 1. The molecule has 122 valence electrons. The minimum absolute atomic E-state index is 0.0355. The van der Waals surface area contributed by atoms with Gasteiger partial charge < -0.3 is 9.73 Å². The van der Waals surface area contributed by atoms with E-state index in [4.69, 9.17) is 4.42 Å². The molecule has 0 unspecified atom stereocenters. The van der Waals surface area contributed by atoms with Crippen LogP contribution in [-0.2, 0) is 11.2 Å². The molecule has 3 aromatic rings. The summed E-state index contributed by atoms with van der Waals surface area (Å²) >= 11 is 0. The molecule has 0 aliphatic rings. The lowest BCUT2D eigenvalue weighted by molar-refractivity contribution is -0.116. The van der Waals surface area contributed by atoms with Gasteiger partial charge in [0.2, 0.25) is 5.91 Å². The number of rotatable bonds is 4. The van der Waals surface area contributed by atoms with Crippen LogP contribution in [0.25, 0.3) is 11.0 Å². The van der Waals surface area contributed by atoms with Crippen LogP contribution in [-0.4, -0.2) is 5.91 Å². The van der Waals surface area contributed by atoms with Crippen molar-refractivity contribution in [3.63, 3.8) is 0 Å². The van der Waals surface area contributed by atoms with E-state index in [-0.39, 0.29) is 11.5 Å². The Bertz CT molecular complexity index is 957. The normalized spacial score (nSPS) is 10.8. The highest BCUT2D eigenvalue weighted by atomic mass is 16.4. The average molecular weight is 321 g/mol. The van der Waals surface area contributed by atoms with Crippen molar-refractivity contribution in [3.05, 3.63) is 75.6 Å². The smallest absolute Gasteiger partial charge is 0.336 e. The Balaban J connectivity index is 1.66. The van der Waals surface area contributed by atoms with Crippen LogP contribution >= 0.6 is 0 Å². The summed E-state index contributed by atoms with van der Waals surface area (Å²) in [5.41, 5.74) is 4.45. The van der Waals surface area contributed by atoms with E-state index in [1.165, 1.54) is 22.8 Å². The van der Waals surface area contributed by atoms with E-state index in [1.54, 1.807) is 24.3 Å². The topological polar surface area (TPSA) is 59.3 Å². The number of hydrogen-bond acceptors (Lipinski definition) is 3. The fourth-order valence-electron chi connectivity index (χ4n) is 2.75. The molecule has 0 aliphatic carbocycles. The number of nitrogens with one attached hydrogen (secondary N) is 1. The third kappa shape index (κ3) is 3.71. The summed E-state index contributed by atoms with van der Waals surface area (Å²) in [5.74, 6) is -0.0355. The third-order valence-corrected chi connectivity index (χ3v) is 4.02. The maximum atomic E-state index is 12.2. The quantitative estimate of drug-likeness (QED) is 0.739. The number of carbonyl (C=O) groups excluding carboxylic acids is 1. The standard InChI is InChI=1S/C20H19NO3/c1-13-3-4-15(14(2)11-13)5-9-19(22)21-17-7-8-18-16(12-17)6-10-20(23)24-18/h3-4,6-8,10-12H,5,9H2,1-2H3,(H,21,22). The molecule has 3 rings (SSSR count). The monoisotopic (exact) mass is 321 g/mol. The average Bonchev–Trinajstić information content (AvgIpc) is 2.54. The van der Waals surface area contributed by atoms with E-state index in [9.17, 15) is 9.59 Å². The highest BCUT2D eigenvalue weighted by Crippen LogP contribution is 2.18. The van der Waals surface area contributed by atoms with Gasteiger partial charge in [0.25, 0.3) is 0 Å². The number of aryl methyl sites for hydroxylation is 3. The molecule has 0 radical (unpaired) electrons. The molecule has 0 fully saturated rings. The van der Waals surface area contributed by atoms with Crippen LogP contribution in [0.4, 0.5) is 5.69 Å². The summed E-state index contributed by atoms with van der Waals surface area (Å²) in [6.07, 6.45) is 1.13. The second-order valence-corrected chi connectivity index (χ2v) is 5.99. The van der Waals surface area contributed by atoms with Crippen LogP contribution < -0.4 is 10.9 Å². The highest BCUT2D eigenvalue weighted by Gasteiger charge is 2.06. The van der Waals surface area contributed by atoms with E-state index < -0.39 is 0 Å². The van der Waals surface area contributed by atoms with Crippen molar-refractivity contribution in [3.8, 4) is 0 Å². The highest BCUT2D eigenvalue weighted by molar-refractivity contribution is 5.93.